The number of nitrogens with zero attached hydrogens (tertiary/aromatic N) is 6. The molecule has 3 heterocycles. The number of imidazole rings is 1. The summed E-state index contributed by atoms with van der Waals surface area (Å²) in [4.78, 5) is 4.43. The van der Waals surface area contributed by atoms with Crippen LogP contribution in [0.5, 0.6) is 0 Å². The van der Waals surface area contributed by atoms with Crippen molar-refractivity contribution in [1.29, 1.82) is 5.26 Å². The summed E-state index contributed by atoms with van der Waals surface area (Å²) in [6, 6.07) is 13.1. The first kappa shape index (κ1) is 16.8. The molecule has 0 aliphatic carbocycles. The van der Waals surface area contributed by atoms with E-state index in [2.05, 4.69) is 15.2 Å². The summed E-state index contributed by atoms with van der Waals surface area (Å²) in [5.74, 6) is 0. The third kappa shape index (κ3) is 3.01. The molecule has 0 spiro atoms. The van der Waals surface area contributed by atoms with Gasteiger partial charge in [0, 0.05) is 18.2 Å². The molecule has 0 fully saturated rings. The van der Waals surface area contributed by atoms with E-state index in [0.29, 0.717) is 16.9 Å². The number of hydrogen-bond donors (Lipinski definition) is 0. The summed E-state index contributed by atoms with van der Waals surface area (Å²) in [7, 11) is 1.26. The molecule has 0 saturated heterocycles. The Morgan fingerprint density at radius 1 is 0.963 bits per heavy atom. The maximum Gasteiger partial charge on any atom is 0.433 e. The van der Waals surface area contributed by atoms with E-state index in [-0.39, 0.29) is 11.4 Å². The van der Waals surface area contributed by atoms with Crippen molar-refractivity contribution in [1.82, 2.24) is 24.4 Å². The van der Waals surface area contributed by atoms with Crippen molar-refractivity contribution in [3.63, 3.8) is 0 Å². The first-order chi connectivity index (χ1) is 12.8. The third-order valence-electron chi connectivity index (χ3n) is 4.08. The van der Waals surface area contributed by atoms with Gasteiger partial charge in [0.2, 0.25) is 0 Å². The molecule has 0 unspecified atom stereocenters. The first-order valence-electron chi connectivity index (χ1n) is 7.84. The van der Waals surface area contributed by atoms with Crippen LogP contribution in [0.2, 0.25) is 0 Å². The molecule has 0 atom stereocenters. The van der Waals surface area contributed by atoms with E-state index >= 15 is 0 Å². The lowest BCUT2D eigenvalue weighted by atomic mass is 10.1. The van der Waals surface area contributed by atoms with E-state index in [1.807, 2.05) is 6.07 Å². The average molecular weight is 368 g/mol. The number of hydrogen-bond acceptors (Lipinski definition) is 4. The van der Waals surface area contributed by atoms with Crippen molar-refractivity contribution in [2.24, 2.45) is 7.05 Å². The Hall–Kier alpha value is -3.67. The van der Waals surface area contributed by atoms with E-state index < -0.39 is 11.9 Å². The Morgan fingerprint density at radius 3 is 2.22 bits per heavy atom. The van der Waals surface area contributed by atoms with Gasteiger partial charge in [-0.2, -0.15) is 28.6 Å². The van der Waals surface area contributed by atoms with Gasteiger partial charge in [-0.25, -0.2) is 9.50 Å². The maximum absolute atomic E-state index is 12.9. The van der Waals surface area contributed by atoms with Crippen molar-refractivity contribution >= 4 is 5.65 Å². The largest absolute Gasteiger partial charge is 0.433 e. The summed E-state index contributed by atoms with van der Waals surface area (Å²) in [5.41, 5.74) is 2.28. The Kier molecular flexibility index (Phi) is 3.70. The molecule has 134 valence electrons. The lowest BCUT2D eigenvalue weighted by Crippen LogP contribution is -2.11. The fraction of sp³-hybridized carbons (Fsp3) is 0.111. The van der Waals surface area contributed by atoms with Crippen molar-refractivity contribution in [2.45, 2.75) is 6.18 Å². The molecular formula is C18H11F3N6. The fourth-order valence-corrected chi connectivity index (χ4v) is 2.77. The average Bonchev–Trinajstić information content (AvgIpc) is 3.24. The van der Waals surface area contributed by atoms with E-state index in [1.54, 1.807) is 42.6 Å². The SMILES string of the molecule is Cn1nc(-c2ccc(-c3cn4nc(C#N)ccc4n3)cc2)cc1C(F)(F)F. The van der Waals surface area contributed by atoms with Crippen LogP contribution in [0.4, 0.5) is 13.2 Å². The fourth-order valence-electron chi connectivity index (χ4n) is 2.77. The smallest absolute Gasteiger partial charge is 0.263 e. The molecule has 0 aliphatic heterocycles. The number of benzene rings is 1. The van der Waals surface area contributed by atoms with Crippen LogP contribution >= 0.6 is 0 Å². The van der Waals surface area contributed by atoms with Gasteiger partial charge in [0.25, 0.3) is 0 Å². The highest BCUT2D eigenvalue weighted by atomic mass is 19.4. The van der Waals surface area contributed by atoms with E-state index in [4.69, 9.17) is 5.26 Å². The number of halogens is 3. The molecule has 3 aromatic heterocycles. The van der Waals surface area contributed by atoms with Gasteiger partial charge in [-0.05, 0) is 18.2 Å². The first-order valence-corrected chi connectivity index (χ1v) is 7.84. The molecule has 0 bridgehead atoms. The second-order valence-electron chi connectivity index (χ2n) is 5.87. The standard InChI is InChI=1S/C18H11F3N6/c1-26-16(18(19,20)21)8-14(25-26)11-2-4-12(5-3-11)15-10-27-17(23-15)7-6-13(9-22)24-27/h2-8,10H,1H3. The molecule has 0 N–H and O–H groups in total. The molecule has 6 nitrogen and oxygen atoms in total. The van der Waals surface area contributed by atoms with Gasteiger partial charge in [0.15, 0.2) is 11.3 Å². The molecule has 1 aromatic carbocycles. The van der Waals surface area contributed by atoms with Crippen LogP contribution in [-0.4, -0.2) is 24.4 Å². The minimum atomic E-state index is -4.45. The molecule has 0 amide bonds. The van der Waals surface area contributed by atoms with Crippen molar-refractivity contribution in [3.8, 4) is 28.6 Å². The number of aryl methyl sites for hydroxylation is 1. The number of aromatic nitrogens is 5. The predicted molar refractivity (Wildman–Crippen MR) is 90.3 cm³/mol. The summed E-state index contributed by atoms with van der Waals surface area (Å²) in [6.45, 7) is 0. The zero-order valence-corrected chi connectivity index (χ0v) is 13.9. The molecule has 9 heteroatoms. The highest BCUT2D eigenvalue weighted by Gasteiger charge is 2.35. The van der Waals surface area contributed by atoms with Crippen LogP contribution in [0.25, 0.3) is 28.2 Å². The normalized spacial score (nSPS) is 11.7. The van der Waals surface area contributed by atoms with Gasteiger partial charge >= 0.3 is 6.18 Å². The van der Waals surface area contributed by atoms with Crippen LogP contribution in [-0.2, 0) is 13.2 Å². The lowest BCUT2D eigenvalue weighted by molar-refractivity contribution is -0.143. The highest BCUT2D eigenvalue weighted by Crippen LogP contribution is 2.32. The molecule has 4 aromatic rings. The molecule has 27 heavy (non-hydrogen) atoms. The van der Waals surface area contributed by atoms with Gasteiger partial charge in [-0.1, -0.05) is 24.3 Å². The second kappa shape index (κ2) is 5.95. The Bertz CT molecular complexity index is 1180. The lowest BCUT2D eigenvalue weighted by Gasteiger charge is -2.04. The molecule has 0 radical (unpaired) electrons. The van der Waals surface area contributed by atoms with Gasteiger partial charge < -0.3 is 0 Å². The summed E-state index contributed by atoms with van der Waals surface area (Å²) in [6.07, 6.45) is -2.76. The van der Waals surface area contributed by atoms with Crippen molar-refractivity contribution in [3.05, 3.63) is 60.0 Å². The van der Waals surface area contributed by atoms with Crippen molar-refractivity contribution in [2.75, 3.05) is 0 Å². The summed E-state index contributed by atoms with van der Waals surface area (Å²) in [5, 5.41) is 17.0. The van der Waals surface area contributed by atoms with E-state index in [9.17, 15) is 13.2 Å². The minimum Gasteiger partial charge on any atom is -0.263 e. The Morgan fingerprint density at radius 2 is 1.63 bits per heavy atom. The zero-order chi connectivity index (χ0) is 19.2. The molecule has 0 aliphatic rings. The van der Waals surface area contributed by atoms with Gasteiger partial charge in [0.1, 0.15) is 11.8 Å². The summed E-state index contributed by atoms with van der Waals surface area (Å²) >= 11 is 0. The monoisotopic (exact) mass is 368 g/mol. The Balaban J connectivity index is 1.68. The number of rotatable bonds is 2. The third-order valence-corrected chi connectivity index (χ3v) is 4.08. The molecule has 0 saturated carbocycles. The summed E-state index contributed by atoms with van der Waals surface area (Å²) < 4.78 is 41.1. The maximum atomic E-state index is 12.9. The molecule has 4 rings (SSSR count). The quantitative estimate of drug-likeness (QED) is 0.541. The molecular weight excluding hydrogens is 357 g/mol. The van der Waals surface area contributed by atoms with Gasteiger partial charge in [-0.15, -0.1) is 0 Å². The topological polar surface area (TPSA) is 71.8 Å². The van der Waals surface area contributed by atoms with Crippen LogP contribution in [0.1, 0.15) is 11.4 Å². The van der Waals surface area contributed by atoms with Crippen LogP contribution in [0.3, 0.4) is 0 Å². The number of nitriles is 1. The van der Waals surface area contributed by atoms with Crippen LogP contribution in [0, 0.1) is 11.3 Å². The van der Waals surface area contributed by atoms with Crippen LogP contribution < -0.4 is 0 Å². The minimum absolute atomic E-state index is 0.242. The van der Waals surface area contributed by atoms with E-state index in [1.165, 1.54) is 11.6 Å². The predicted octanol–water partition coefficient (Wildman–Crippen LogP) is 3.69. The zero-order valence-electron chi connectivity index (χ0n) is 13.9. The van der Waals surface area contributed by atoms with Gasteiger partial charge in [-0.3, -0.25) is 4.68 Å². The highest BCUT2D eigenvalue weighted by molar-refractivity contribution is 5.68. The van der Waals surface area contributed by atoms with Crippen LogP contribution in [0.15, 0.2) is 48.7 Å². The second-order valence-corrected chi connectivity index (χ2v) is 5.87. The van der Waals surface area contributed by atoms with Gasteiger partial charge in [0.05, 0.1) is 17.6 Å². The van der Waals surface area contributed by atoms with E-state index in [0.717, 1.165) is 16.3 Å². The number of fused-ring (bicyclic) bond motifs is 1. The number of alkyl halides is 3. The van der Waals surface area contributed by atoms with Crippen molar-refractivity contribution < 1.29 is 13.2 Å². The Labute approximate surface area is 151 Å².